The highest BCUT2D eigenvalue weighted by Crippen LogP contribution is 2.60. The molecule has 3 fully saturated rings. The topological polar surface area (TPSA) is 47.0 Å². The van der Waals surface area contributed by atoms with Crippen molar-refractivity contribution in [3.05, 3.63) is 60.2 Å². The van der Waals surface area contributed by atoms with Crippen molar-refractivity contribution in [1.29, 1.82) is 0 Å². The second kappa shape index (κ2) is 7.95. The van der Waals surface area contributed by atoms with Crippen molar-refractivity contribution < 1.29 is 9.90 Å². The van der Waals surface area contributed by atoms with E-state index in [4.69, 9.17) is 0 Å². The van der Waals surface area contributed by atoms with Gasteiger partial charge in [-0.3, -0.25) is 9.69 Å². The largest absolute Gasteiger partial charge is 0.508 e. The highest BCUT2D eigenvalue weighted by Gasteiger charge is 2.59. The first-order valence-electron chi connectivity index (χ1n) is 11.2. The Morgan fingerprint density at radius 2 is 1.57 bits per heavy atom. The number of likely N-dealkylation sites (tertiary alicyclic amines) is 1. The van der Waals surface area contributed by atoms with E-state index in [9.17, 15) is 9.90 Å². The number of para-hydroxylation sites is 2. The maximum Gasteiger partial charge on any atom is 0.226 e. The molecular formula is C25H31N3O2. The summed E-state index contributed by atoms with van der Waals surface area (Å²) in [5.74, 6) is 0.997. The Morgan fingerprint density at radius 3 is 2.27 bits per heavy atom. The molecule has 5 heteroatoms. The molecule has 2 heterocycles. The monoisotopic (exact) mass is 405 g/mol. The Hall–Kier alpha value is -2.53. The number of rotatable bonds is 4. The van der Waals surface area contributed by atoms with E-state index < -0.39 is 0 Å². The summed E-state index contributed by atoms with van der Waals surface area (Å²) in [6, 6.07) is 18.1. The Balaban J connectivity index is 1.11. The number of carbonyl (C=O) groups excluding carboxylic acids is 1. The van der Waals surface area contributed by atoms with Crippen molar-refractivity contribution in [2.24, 2.45) is 11.3 Å². The fourth-order valence-corrected chi connectivity index (χ4v) is 5.34. The molecule has 1 amide bonds. The molecule has 3 aliphatic rings. The zero-order valence-electron chi connectivity index (χ0n) is 17.5. The van der Waals surface area contributed by atoms with Gasteiger partial charge in [-0.05, 0) is 56.0 Å². The third kappa shape index (κ3) is 3.79. The van der Waals surface area contributed by atoms with Gasteiger partial charge in [0.2, 0.25) is 5.91 Å². The van der Waals surface area contributed by atoms with Gasteiger partial charge in [0.05, 0.1) is 0 Å². The number of carbonyl (C=O) groups is 1. The van der Waals surface area contributed by atoms with E-state index in [-0.39, 0.29) is 11.3 Å². The van der Waals surface area contributed by atoms with Gasteiger partial charge in [0, 0.05) is 49.9 Å². The van der Waals surface area contributed by atoms with Crippen LogP contribution in [0.5, 0.6) is 5.75 Å². The Labute approximate surface area is 178 Å². The van der Waals surface area contributed by atoms with Crippen LogP contribution >= 0.6 is 0 Å². The minimum Gasteiger partial charge on any atom is -0.508 e. The summed E-state index contributed by atoms with van der Waals surface area (Å²) in [5.41, 5.74) is 2.49. The van der Waals surface area contributed by atoms with E-state index in [2.05, 4.69) is 39.0 Å². The van der Waals surface area contributed by atoms with E-state index in [1.54, 1.807) is 6.07 Å². The number of phenols is 1. The van der Waals surface area contributed by atoms with E-state index >= 15 is 0 Å². The number of piperazine rings is 1. The Bertz CT molecular complexity index is 884. The summed E-state index contributed by atoms with van der Waals surface area (Å²) in [6.45, 7) is 6.33. The van der Waals surface area contributed by atoms with Crippen LogP contribution in [0.1, 0.15) is 24.8 Å². The summed E-state index contributed by atoms with van der Waals surface area (Å²) in [7, 11) is 0. The van der Waals surface area contributed by atoms with Crippen molar-refractivity contribution in [2.75, 3.05) is 44.2 Å². The molecule has 2 saturated heterocycles. The van der Waals surface area contributed by atoms with Crippen LogP contribution < -0.4 is 4.90 Å². The second-order valence-electron chi connectivity index (χ2n) is 9.17. The maximum atomic E-state index is 13.2. The number of nitrogens with zero attached hydrogens (tertiary/aromatic N) is 3. The van der Waals surface area contributed by atoms with Gasteiger partial charge in [0.15, 0.2) is 0 Å². The maximum absolute atomic E-state index is 13.2. The normalized spacial score (nSPS) is 23.5. The predicted molar refractivity (Wildman–Crippen MR) is 118 cm³/mol. The van der Waals surface area contributed by atoms with Crippen molar-refractivity contribution in [3.63, 3.8) is 0 Å². The summed E-state index contributed by atoms with van der Waals surface area (Å²) in [5, 5.41) is 10.0. The SMILES string of the molecule is O=C(C1CC12CCN(Cc1ccccc1O)CC2)N1CCN(c2ccccc2)CC1. The highest BCUT2D eigenvalue weighted by molar-refractivity contribution is 5.83. The standard InChI is InChI=1S/C25H31N3O2/c29-23-9-5-4-6-20(23)19-26-12-10-25(11-13-26)18-22(25)24(30)28-16-14-27(15-17-28)21-7-2-1-3-8-21/h1-9,22,29H,10-19H2. The van der Waals surface area contributed by atoms with Crippen LogP contribution in [0.15, 0.2) is 54.6 Å². The lowest BCUT2D eigenvalue weighted by Crippen LogP contribution is -2.50. The third-order valence-electron chi connectivity index (χ3n) is 7.44. The van der Waals surface area contributed by atoms with Crippen LogP contribution in [0.4, 0.5) is 5.69 Å². The second-order valence-corrected chi connectivity index (χ2v) is 9.17. The molecule has 1 atom stereocenters. The molecule has 158 valence electrons. The molecule has 0 bridgehead atoms. The number of amides is 1. The van der Waals surface area contributed by atoms with E-state index in [1.165, 1.54) is 5.69 Å². The number of aromatic hydroxyl groups is 1. The van der Waals surface area contributed by atoms with Gasteiger partial charge in [-0.25, -0.2) is 0 Å². The molecule has 1 saturated carbocycles. The van der Waals surface area contributed by atoms with Crippen LogP contribution in [-0.4, -0.2) is 60.1 Å². The van der Waals surface area contributed by atoms with Gasteiger partial charge in [-0.1, -0.05) is 36.4 Å². The van der Waals surface area contributed by atoms with Crippen molar-refractivity contribution >= 4 is 11.6 Å². The predicted octanol–water partition coefficient (Wildman–Crippen LogP) is 3.34. The van der Waals surface area contributed by atoms with Crippen LogP contribution in [0.3, 0.4) is 0 Å². The van der Waals surface area contributed by atoms with Gasteiger partial charge in [-0.15, -0.1) is 0 Å². The summed E-state index contributed by atoms with van der Waals surface area (Å²) in [4.78, 5) is 20.1. The quantitative estimate of drug-likeness (QED) is 0.848. The van der Waals surface area contributed by atoms with Crippen molar-refractivity contribution in [1.82, 2.24) is 9.80 Å². The molecule has 30 heavy (non-hydrogen) atoms. The van der Waals surface area contributed by atoms with Gasteiger partial charge in [0.25, 0.3) is 0 Å². The molecule has 5 nitrogen and oxygen atoms in total. The number of hydrogen-bond donors (Lipinski definition) is 1. The molecule has 0 radical (unpaired) electrons. The van der Waals surface area contributed by atoms with Gasteiger partial charge < -0.3 is 14.9 Å². The number of phenolic OH excluding ortho intramolecular Hbond substituents is 1. The first-order chi connectivity index (χ1) is 14.6. The van der Waals surface area contributed by atoms with Crippen molar-refractivity contribution in [3.8, 4) is 5.75 Å². The van der Waals surface area contributed by atoms with E-state index in [0.717, 1.165) is 70.6 Å². The summed E-state index contributed by atoms with van der Waals surface area (Å²) >= 11 is 0. The lowest BCUT2D eigenvalue weighted by molar-refractivity contribution is -0.134. The average Bonchev–Trinajstić information content (AvgIpc) is 3.50. The molecule has 2 aliphatic heterocycles. The van der Waals surface area contributed by atoms with Gasteiger partial charge in [-0.2, -0.15) is 0 Å². The molecular weight excluding hydrogens is 374 g/mol. The fraction of sp³-hybridized carbons (Fsp3) is 0.480. The van der Waals surface area contributed by atoms with Gasteiger partial charge in [0.1, 0.15) is 5.75 Å². The molecule has 1 spiro atoms. The first kappa shape index (κ1) is 19.4. The number of hydrogen-bond acceptors (Lipinski definition) is 4. The average molecular weight is 406 g/mol. The number of anilines is 1. The molecule has 0 aromatic heterocycles. The van der Waals surface area contributed by atoms with Crippen LogP contribution in [0.25, 0.3) is 0 Å². The van der Waals surface area contributed by atoms with Crippen LogP contribution in [0, 0.1) is 11.3 Å². The molecule has 2 aromatic carbocycles. The first-order valence-corrected chi connectivity index (χ1v) is 11.2. The van der Waals surface area contributed by atoms with Crippen LogP contribution in [-0.2, 0) is 11.3 Å². The van der Waals surface area contributed by atoms with E-state index in [0.29, 0.717) is 11.7 Å². The lowest BCUT2D eigenvalue weighted by atomic mass is 9.90. The van der Waals surface area contributed by atoms with Crippen molar-refractivity contribution in [2.45, 2.75) is 25.8 Å². The Kier molecular flexibility index (Phi) is 5.15. The third-order valence-corrected chi connectivity index (χ3v) is 7.44. The smallest absolute Gasteiger partial charge is 0.226 e. The number of piperidine rings is 1. The molecule has 2 aromatic rings. The zero-order chi connectivity index (χ0) is 20.6. The minimum absolute atomic E-state index is 0.230. The van der Waals surface area contributed by atoms with E-state index in [1.807, 2.05) is 24.3 Å². The molecule has 1 unspecified atom stereocenters. The summed E-state index contributed by atoms with van der Waals surface area (Å²) in [6.07, 6.45) is 3.26. The minimum atomic E-state index is 0.230. The Morgan fingerprint density at radius 1 is 0.900 bits per heavy atom. The fourth-order valence-electron chi connectivity index (χ4n) is 5.34. The summed E-state index contributed by atoms with van der Waals surface area (Å²) < 4.78 is 0. The molecule has 1 N–H and O–H groups in total. The molecule has 1 aliphatic carbocycles. The highest BCUT2D eigenvalue weighted by atomic mass is 16.3. The molecule has 5 rings (SSSR count). The lowest BCUT2D eigenvalue weighted by Gasteiger charge is -2.37. The zero-order valence-corrected chi connectivity index (χ0v) is 17.5. The van der Waals surface area contributed by atoms with Crippen LogP contribution in [0.2, 0.25) is 0 Å². The van der Waals surface area contributed by atoms with Gasteiger partial charge >= 0.3 is 0 Å². The number of benzene rings is 2.